The largest absolute Gasteiger partial charge is 0.310 e. The molecule has 0 atom stereocenters. The average Bonchev–Trinajstić information content (AvgIpc) is 3.11. The van der Waals surface area contributed by atoms with Gasteiger partial charge in [0.15, 0.2) is 0 Å². The Morgan fingerprint density at radius 2 is 0.568 bits per heavy atom. The second-order valence-corrected chi connectivity index (χ2v) is 10.5. The summed E-state index contributed by atoms with van der Waals surface area (Å²) in [5, 5.41) is 0. The number of benzene rings is 6. The van der Waals surface area contributed by atoms with Gasteiger partial charge in [-0.3, -0.25) is 0 Å². The Morgan fingerprint density at radius 1 is 0.273 bits per heavy atom. The van der Waals surface area contributed by atoms with Crippen LogP contribution in [0.4, 0.5) is 34.1 Å². The van der Waals surface area contributed by atoms with Crippen LogP contribution >= 0.6 is 0 Å². The lowest BCUT2D eigenvalue weighted by molar-refractivity contribution is 1.27. The molecular formula is C41H31N3. The molecule has 0 bridgehead atoms. The van der Waals surface area contributed by atoms with Gasteiger partial charge in [0.2, 0.25) is 0 Å². The first kappa shape index (κ1) is 26.9. The normalized spacial score (nSPS) is 10.7. The van der Waals surface area contributed by atoms with Gasteiger partial charge in [-0.05, 0) is 84.9 Å². The molecule has 0 saturated heterocycles. The molecule has 0 amide bonds. The predicted molar refractivity (Wildman–Crippen MR) is 184 cm³/mol. The lowest BCUT2D eigenvalue weighted by Gasteiger charge is -2.26. The SMILES string of the molecule is c1ccc(N(c2ccccc2)c2cccc(-c3cccc(-c4cccc(N(c5ccccc5)c5ccccc5)c4)n3)c2)cc1. The molecule has 0 radical (unpaired) electrons. The van der Waals surface area contributed by atoms with Crippen LogP contribution in [0.5, 0.6) is 0 Å². The minimum Gasteiger partial charge on any atom is -0.310 e. The van der Waals surface area contributed by atoms with Gasteiger partial charge in [-0.25, -0.2) is 4.98 Å². The summed E-state index contributed by atoms with van der Waals surface area (Å²) in [5.41, 5.74) is 10.6. The number of rotatable bonds is 8. The van der Waals surface area contributed by atoms with E-state index in [4.69, 9.17) is 4.98 Å². The maximum atomic E-state index is 5.17. The summed E-state index contributed by atoms with van der Waals surface area (Å²) in [5.74, 6) is 0. The fourth-order valence-corrected chi connectivity index (χ4v) is 5.57. The number of nitrogens with zero attached hydrogens (tertiary/aromatic N) is 3. The van der Waals surface area contributed by atoms with E-state index in [1.165, 1.54) is 0 Å². The second kappa shape index (κ2) is 12.5. The first-order chi connectivity index (χ1) is 21.8. The number of anilines is 6. The van der Waals surface area contributed by atoms with Crippen molar-refractivity contribution in [2.45, 2.75) is 0 Å². The van der Waals surface area contributed by atoms with Crippen molar-refractivity contribution in [2.75, 3.05) is 9.80 Å². The molecule has 3 heteroatoms. The molecule has 0 aliphatic carbocycles. The Bertz CT molecular complexity index is 1740. The Balaban J connectivity index is 1.26. The zero-order chi connectivity index (χ0) is 29.6. The Morgan fingerprint density at radius 3 is 0.909 bits per heavy atom. The van der Waals surface area contributed by atoms with Crippen LogP contribution in [0.25, 0.3) is 22.5 Å². The molecule has 0 aliphatic heterocycles. The molecule has 0 N–H and O–H groups in total. The van der Waals surface area contributed by atoms with Crippen LogP contribution in [-0.2, 0) is 0 Å². The fourth-order valence-electron chi connectivity index (χ4n) is 5.57. The molecule has 0 saturated carbocycles. The van der Waals surface area contributed by atoms with E-state index in [0.717, 1.165) is 56.6 Å². The fraction of sp³-hybridized carbons (Fsp3) is 0. The lowest BCUT2D eigenvalue weighted by Crippen LogP contribution is -2.09. The third-order valence-electron chi connectivity index (χ3n) is 7.61. The van der Waals surface area contributed by atoms with Gasteiger partial charge in [-0.2, -0.15) is 0 Å². The van der Waals surface area contributed by atoms with E-state index in [9.17, 15) is 0 Å². The molecule has 3 nitrogen and oxygen atoms in total. The smallest absolute Gasteiger partial charge is 0.0710 e. The lowest BCUT2D eigenvalue weighted by atomic mass is 10.1. The average molecular weight is 566 g/mol. The number of pyridine rings is 1. The maximum Gasteiger partial charge on any atom is 0.0710 e. The second-order valence-electron chi connectivity index (χ2n) is 10.5. The van der Waals surface area contributed by atoms with Gasteiger partial charge < -0.3 is 9.80 Å². The maximum absolute atomic E-state index is 5.17. The molecule has 0 spiro atoms. The molecule has 0 aliphatic rings. The minimum absolute atomic E-state index is 0.929. The van der Waals surface area contributed by atoms with Crippen LogP contribution < -0.4 is 9.80 Å². The molecule has 6 aromatic carbocycles. The molecule has 210 valence electrons. The highest BCUT2D eigenvalue weighted by atomic mass is 15.1. The van der Waals surface area contributed by atoms with Crippen molar-refractivity contribution in [3.05, 3.63) is 188 Å². The molecule has 0 unspecified atom stereocenters. The highest BCUT2D eigenvalue weighted by Gasteiger charge is 2.15. The van der Waals surface area contributed by atoms with Crippen LogP contribution in [0.1, 0.15) is 0 Å². The number of hydrogen-bond donors (Lipinski definition) is 0. The van der Waals surface area contributed by atoms with Crippen LogP contribution in [0.3, 0.4) is 0 Å². The van der Waals surface area contributed by atoms with E-state index in [1.807, 2.05) is 24.3 Å². The molecule has 1 aromatic heterocycles. The summed E-state index contributed by atoms with van der Waals surface area (Å²) in [6.45, 7) is 0. The van der Waals surface area contributed by atoms with Gasteiger partial charge in [-0.1, -0.05) is 103 Å². The van der Waals surface area contributed by atoms with E-state index >= 15 is 0 Å². The molecular weight excluding hydrogens is 534 g/mol. The van der Waals surface area contributed by atoms with Crippen molar-refractivity contribution in [3.8, 4) is 22.5 Å². The Kier molecular flexibility index (Phi) is 7.66. The third kappa shape index (κ3) is 5.72. The topological polar surface area (TPSA) is 19.4 Å². The quantitative estimate of drug-likeness (QED) is 0.183. The van der Waals surface area contributed by atoms with Gasteiger partial charge in [0.05, 0.1) is 11.4 Å². The van der Waals surface area contributed by atoms with Gasteiger partial charge in [0, 0.05) is 45.3 Å². The van der Waals surface area contributed by atoms with Crippen molar-refractivity contribution in [2.24, 2.45) is 0 Å². The Labute approximate surface area is 259 Å². The van der Waals surface area contributed by atoms with E-state index < -0.39 is 0 Å². The summed E-state index contributed by atoms with van der Waals surface area (Å²) in [7, 11) is 0. The number of hydrogen-bond acceptors (Lipinski definition) is 3. The highest BCUT2D eigenvalue weighted by Crippen LogP contribution is 2.38. The summed E-state index contributed by atoms with van der Waals surface area (Å²) < 4.78 is 0. The number of para-hydroxylation sites is 4. The number of aromatic nitrogens is 1. The minimum atomic E-state index is 0.929. The monoisotopic (exact) mass is 565 g/mol. The van der Waals surface area contributed by atoms with Gasteiger partial charge >= 0.3 is 0 Å². The first-order valence-electron chi connectivity index (χ1n) is 14.8. The predicted octanol–water partition coefficient (Wildman–Crippen LogP) is 11.4. The van der Waals surface area contributed by atoms with Gasteiger partial charge in [0.25, 0.3) is 0 Å². The van der Waals surface area contributed by atoms with Crippen LogP contribution in [0, 0.1) is 0 Å². The zero-order valence-electron chi connectivity index (χ0n) is 24.2. The van der Waals surface area contributed by atoms with Crippen molar-refractivity contribution in [1.82, 2.24) is 4.98 Å². The van der Waals surface area contributed by atoms with Gasteiger partial charge in [0.1, 0.15) is 0 Å². The van der Waals surface area contributed by atoms with Crippen molar-refractivity contribution in [3.63, 3.8) is 0 Å². The molecule has 7 aromatic rings. The van der Waals surface area contributed by atoms with Crippen molar-refractivity contribution in [1.29, 1.82) is 0 Å². The van der Waals surface area contributed by atoms with Crippen molar-refractivity contribution < 1.29 is 0 Å². The molecule has 7 rings (SSSR count). The van der Waals surface area contributed by atoms with E-state index in [2.05, 4.69) is 174 Å². The third-order valence-corrected chi connectivity index (χ3v) is 7.61. The van der Waals surface area contributed by atoms with Crippen LogP contribution in [0.2, 0.25) is 0 Å². The summed E-state index contributed by atoms with van der Waals surface area (Å²) in [4.78, 5) is 9.72. The van der Waals surface area contributed by atoms with Gasteiger partial charge in [-0.15, -0.1) is 0 Å². The van der Waals surface area contributed by atoms with Crippen LogP contribution in [-0.4, -0.2) is 4.98 Å². The van der Waals surface area contributed by atoms with E-state index in [1.54, 1.807) is 0 Å². The molecule has 1 heterocycles. The van der Waals surface area contributed by atoms with Crippen LogP contribution in [0.15, 0.2) is 188 Å². The first-order valence-corrected chi connectivity index (χ1v) is 14.8. The summed E-state index contributed by atoms with van der Waals surface area (Å²) >= 11 is 0. The van der Waals surface area contributed by atoms with E-state index in [0.29, 0.717) is 0 Å². The highest BCUT2D eigenvalue weighted by molar-refractivity contribution is 5.81. The van der Waals surface area contributed by atoms with Crippen molar-refractivity contribution >= 4 is 34.1 Å². The standard InChI is InChI=1S/C41H31N3/c1-5-18-34(19-6-1)43(35-20-7-2-8-21-35)38-26-13-16-32(30-38)40-28-15-29-41(42-40)33-17-14-27-39(31-33)44(36-22-9-3-10-23-36)37-24-11-4-12-25-37/h1-31H. The molecule has 44 heavy (non-hydrogen) atoms. The summed E-state index contributed by atoms with van der Waals surface area (Å²) in [6, 6.07) is 65.4. The zero-order valence-corrected chi connectivity index (χ0v) is 24.2. The molecule has 0 fully saturated rings. The summed E-state index contributed by atoms with van der Waals surface area (Å²) in [6.07, 6.45) is 0. The van der Waals surface area contributed by atoms with E-state index in [-0.39, 0.29) is 0 Å². The Hall–Kier alpha value is -5.93.